The average molecular weight is 268 g/mol. The summed E-state index contributed by atoms with van der Waals surface area (Å²) in [6, 6.07) is 6.40. The monoisotopic (exact) mass is 267 g/mol. The van der Waals surface area contributed by atoms with E-state index in [4.69, 9.17) is 0 Å². The van der Waals surface area contributed by atoms with Crippen LogP contribution in [-0.4, -0.2) is 28.0 Å². The summed E-state index contributed by atoms with van der Waals surface area (Å²) in [5.74, 6) is -1.62. The van der Waals surface area contributed by atoms with Gasteiger partial charge in [0.2, 0.25) is 5.91 Å². The maximum Gasteiger partial charge on any atom is 0.268 e. The molecule has 76 valence electrons. The highest BCUT2D eigenvalue weighted by molar-refractivity contribution is 9.09. The van der Waals surface area contributed by atoms with E-state index in [2.05, 4.69) is 15.9 Å². The zero-order valence-corrected chi connectivity index (χ0v) is 9.15. The van der Waals surface area contributed by atoms with Crippen molar-refractivity contribution in [2.75, 3.05) is 5.33 Å². The van der Waals surface area contributed by atoms with E-state index in [0.717, 1.165) is 0 Å². The molecule has 0 bridgehead atoms. The molecular weight excluding hydrogens is 262 g/mol. The van der Waals surface area contributed by atoms with Crippen LogP contribution in [0.25, 0.3) is 0 Å². The molecule has 1 aliphatic heterocycles. The summed E-state index contributed by atoms with van der Waals surface area (Å²) >= 11 is 2.93. The van der Waals surface area contributed by atoms with Gasteiger partial charge in [0, 0.05) is 0 Å². The molecule has 1 aliphatic rings. The average Bonchev–Trinajstić information content (AvgIpc) is 2.52. The fourth-order valence-corrected chi connectivity index (χ4v) is 1.73. The third-order valence-electron chi connectivity index (χ3n) is 2.16. The predicted octanol–water partition coefficient (Wildman–Crippen LogP) is 1.20. The number of benzene rings is 1. The van der Waals surface area contributed by atoms with Crippen molar-refractivity contribution >= 4 is 33.7 Å². The van der Waals surface area contributed by atoms with E-state index < -0.39 is 17.7 Å². The molecule has 0 fully saturated rings. The fourth-order valence-electron chi connectivity index (χ4n) is 1.48. The summed E-state index contributed by atoms with van der Waals surface area (Å²) in [7, 11) is 0. The van der Waals surface area contributed by atoms with E-state index in [1.54, 1.807) is 12.1 Å². The lowest BCUT2D eigenvalue weighted by atomic mass is 10.1. The summed E-state index contributed by atoms with van der Waals surface area (Å²) in [5.41, 5.74) is 0.577. The second-order valence-corrected chi connectivity index (χ2v) is 3.58. The van der Waals surface area contributed by atoms with E-state index >= 15 is 0 Å². The van der Waals surface area contributed by atoms with Gasteiger partial charge in [-0.25, -0.2) is 4.90 Å². The molecule has 5 heteroatoms. The number of halogens is 1. The van der Waals surface area contributed by atoms with Crippen molar-refractivity contribution in [2.45, 2.75) is 0 Å². The van der Waals surface area contributed by atoms with Crippen molar-refractivity contribution in [3.05, 3.63) is 35.4 Å². The number of amides is 3. The molecule has 0 aromatic heterocycles. The third kappa shape index (κ3) is 1.39. The Kier molecular flexibility index (Phi) is 2.40. The van der Waals surface area contributed by atoms with Gasteiger partial charge >= 0.3 is 0 Å². The summed E-state index contributed by atoms with van der Waals surface area (Å²) in [6.07, 6.45) is 0. The third-order valence-corrected chi connectivity index (χ3v) is 2.64. The Labute approximate surface area is 94.0 Å². The molecule has 1 aromatic carbocycles. The quantitative estimate of drug-likeness (QED) is 0.568. The number of hydrogen-bond acceptors (Lipinski definition) is 3. The second-order valence-electron chi connectivity index (χ2n) is 3.02. The molecule has 1 heterocycles. The number of rotatable bonds is 1. The van der Waals surface area contributed by atoms with Gasteiger partial charge in [-0.3, -0.25) is 14.4 Å². The lowest BCUT2D eigenvalue weighted by Gasteiger charge is -2.08. The molecule has 4 nitrogen and oxygen atoms in total. The number of carbonyl (C=O) groups is 3. The second kappa shape index (κ2) is 3.58. The van der Waals surface area contributed by atoms with Crippen LogP contribution in [0.2, 0.25) is 0 Å². The molecule has 0 saturated carbocycles. The van der Waals surface area contributed by atoms with Crippen LogP contribution in [0.15, 0.2) is 24.3 Å². The molecule has 2 rings (SSSR count). The van der Waals surface area contributed by atoms with Crippen molar-refractivity contribution in [1.82, 2.24) is 4.90 Å². The Morgan fingerprint density at radius 2 is 1.60 bits per heavy atom. The van der Waals surface area contributed by atoms with Crippen LogP contribution in [-0.2, 0) is 4.79 Å². The standard InChI is InChI=1S/C10H6BrNO3/c11-5-8(13)12-9(14)6-3-1-2-4-7(6)10(12)15/h1-4H,5H2. The van der Waals surface area contributed by atoms with Gasteiger partial charge in [0.05, 0.1) is 16.5 Å². The Balaban J connectivity index is 2.50. The van der Waals surface area contributed by atoms with Gasteiger partial charge < -0.3 is 0 Å². The highest BCUT2D eigenvalue weighted by Crippen LogP contribution is 2.22. The van der Waals surface area contributed by atoms with Crippen molar-refractivity contribution < 1.29 is 14.4 Å². The van der Waals surface area contributed by atoms with E-state index in [1.165, 1.54) is 12.1 Å². The fraction of sp³-hybridized carbons (Fsp3) is 0.100. The molecule has 15 heavy (non-hydrogen) atoms. The van der Waals surface area contributed by atoms with Crippen LogP contribution < -0.4 is 0 Å². The van der Waals surface area contributed by atoms with E-state index in [0.29, 0.717) is 4.90 Å². The Morgan fingerprint density at radius 1 is 1.13 bits per heavy atom. The predicted molar refractivity (Wildman–Crippen MR) is 55.7 cm³/mol. The molecule has 0 aliphatic carbocycles. The lowest BCUT2D eigenvalue weighted by Crippen LogP contribution is -2.36. The van der Waals surface area contributed by atoms with Gasteiger partial charge in [-0.15, -0.1) is 0 Å². The molecular formula is C10H6BrNO3. The number of hydrogen-bond donors (Lipinski definition) is 0. The van der Waals surface area contributed by atoms with Crippen LogP contribution in [0.5, 0.6) is 0 Å². The number of carbonyl (C=O) groups excluding carboxylic acids is 3. The molecule has 1 aromatic rings. The molecule has 3 amide bonds. The normalized spacial score (nSPS) is 14.3. The van der Waals surface area contributed by atoms with Gasteiger partial charge in [0.1, 0.15) is 0 Å². The minimum atomic E-state index is -0.542. The minimum absolute atomic E-state index is 0.0432. The van der Waals surface area contributed by atoms with Crippen LogP contribution in [0.3, 0.4) is 0 Å². The SMILES string of the molecule is O=C(CBr)N1C(=O)c2ccccc2C1=O. The summed E-state index contributed by atoms with van der Waals surface area (Å²) in [5, 5.41) is -0.0432. The first-order valence-corrected chi connectivity index (χ1v) is 5.35. The summed E-state index contributed by atoms with van der Waals surface area (Å²) in [4.78, 5) is 35.3. The Morgan fingerprint density at radius 3 is 2.00 bits per heavy atom. The molecule has 0 saturated heterocycles. The molecule has 0 N–H and O–H groups in total. The number of fused-ring (bicyclic) bond motifs is 1. The van der Waals surface area contributed by atoms with Gasteiger partial charge in [-0.1, -0.05) is 28.1 Å². The van der Waals surface area contributed by atoms with Crippen LogP contribution in [0.4, 0.5) is 0 Å². The van der Waals surface area contributed by atoms with Crippen LogP contribution in [0, 0.1) is 0 Å². The highest BCUT2D eigenvalue weighted by atomic mass is 79.9. The van der Waals surface area contributed by atoms with Gasteiger partial charge in [-0.05, 0) is 12.1 Å². The van der Waals surface area contributed by atoms with Gasteiger partial charge in [-0.2, -0.15) is 0 Å². The molecule has 0 radical (unpaired) electrons. The first-order chi connectivity index (χ1) is 7.16. The zero-order chi connectivity index (χ0) is 11.0. The van der Waals surface area contributed by atoms with Crippen molar-refractivity contribution in [3.63, 3.8) is 0 Å². The maximum absolute atomic E-state index is 11.7. The first kappa shape index (κ1) is 10.0. The molecule has 0 atom stereocenters. The number of alkyl halides is 1. The topological polar surface area (TPSA) is 54.5 Å². The summed E-state index contributed by atoms with van der Waals surface area (Å²) in [6.45, 7) is 0. The van der Waals surface area contributed by atoms with Crippen LogP contribution >= 0.6 is 15.9 Å². The molecule has 0 spiro atoms. The van der Waals surface area contributed by atoms with Crippen molar-refractivity contribution in [1.29, 1.82) is 0 Å². The van der Waals surface area contributed by atoms with E-state index in [-0.39, 0.29) is 16.5 Å². The number of imide groups is 3. The smallest absolute Gasteiger partial charge is 0.268 e. The van der Waals surface area contributed by atoms with Crippen molar-refractivity contribution in [3.8, 4) is 0 Å². The summed E-state index contributed by atoms with van der Waals surface area (Å²) < 4.78 is 0. The lowest BCUT2D eigenvalue weighted by molar-refractivity contribution is -0.123. The zero-order valence-electron chi connectivity index (χ0n) is 7.57. The number of nitrogens with zero attached hydrogens (tertiary/aromatic N) is 1. The van der Waals surface area contributed by atoms with Gasteiger partial charge in [0.15, 0.2) is 0 Å². The molecule has 0 unspecified atom stereocenters. The Hall–Kier alpha value is -1.49. The van der Waals surface area contributed by atoms with Crippen LogP contribution in [0.1, 0.15) is 20.7 Å². The minimum Gasteiger partial charge on any atom is -0.273 e. The first-order valence-electron chi connectivity index (χ1n) is 4.23. The highest BCUT2D eigenvalue weighted by Gasteiger charge is 2.38. The maximum atomic E-state index is 11.7. The van der Waals surface area contributed by atoms with Gasteiger partial charge in [0.25, 0.3) is 11.8 Å². The van der Waals surface area contributed by atoms with E-state index in [1.807, 2.05) is 0 Å². The van der Waals surface area contributed by atoms with Crippen molar-refractivity contribution in [2.24, 2.45) is 0 Å². The largest absolute Gasteiger partial charge is 0.273 e. The van der Waals surface area contributed by atoms with E-state index in [9.17, 15) is 14.4 Å². The Bertz CT molecular complexity index is 434.